The SMILES string of the molecule is CCOCC1=C(COCCN)NC(C)=C(O)C1c1ccccc1Cl.COC. The van der Waals surface area contributed by atoms with Crippen LogP contribution in [-0.4, -0.2) is 52.3 Å². The monoisotopic (exact) mass is 398 g/mol. The molecule has 7 heteroatoms. The Hall–Kier alpha value is -1.57. The van der Waals surface area contributed by atoms with Gasteiger partial charge in [0, 0.05) is 38.1 Å². The van der Waals surface area contributed by atoms with E-state index in [-0.39, 0.29) is 11.7 Å². The average Bonchev–Trinajstić information content (AvgIpc) is 2.65. The van der Waals surface area contributed by atoms with Crippen molar-refractivity contribution in [2.75, 3.05) is 47.2 Å². The zero-order valence-electron chi connectivity index (χ0n) is 16.5. The van der Waals surface area contributed by atoms with Gasteiger partial charge in [0.1, 0.15) is 5.76 Å². The van der Waals surface area contributed by atoms with Crippen LogP contribution in [0.1, 0.15) is 25.3 Å². The molecule has 27 heavy (non-hydrogen) atoms. The molecular weight excluding hydrogens is 368 g/mol. The second kappa shape index (κ2) is 12.8. The zero-order valence-corrected chi connectivity index (χ0v) is 17.3. The van der Waals surface area contributed by atoms with Crippen molar-refractivity contribution < 1.29 is 19.3 Å². The standard InChI is InChI=1S/C18H25ClN2O3.C2H6O/c1-3-23-10-14-16(11-24-9-8-20)21-12(2)18(22)17(14)13-6-4-5-7-15(13)19;1-3-2/h4-7,17,21-22H,3,8-11,20H2,1-2H3;1-2H3. The minimum atomic E-state index is -0.344. The lowest BCUT2D eigenvalue weighted by Crippen LogP contribution is -2.30. The van der Waals surface area contributed by atoms with E-state index in [9.17, 15) is 5.11 Å². The van der Waals surface area contributed by atoms with Crippen LogP contribution in [0.4, 0.5) is 0 Å². The summed E-state index contributed by atoms with van der Waals surface area (Å²) < 4.78 is 15.5. The predicted molar refractivity (Wildman–Crippen MR) is 109 cm³/mol. The van der Waals surface area contributed by atoms with Crippen LogP contribution in [-0.2, 0) is 14.2 Å². The molecular formula is C20H31ClN2O4. The summed E-state index contributed by atoms with van der Waals surface area (Å²) in [6.07, 6.45) is 0. The van der Waals surface area contributed by atoms with Gasteiger partial charge in [-0.15, -0.1) is 0 Å². The Morgan fingerprint density at radius 3 is 2.44 bits per heavy atom. The molecule has 1 aliphatic rings. The van der Waals surface area contributed by atoms with Gasteiger partial charge >= 0.3 is 0 Å². The first-order chi connectivity index (χ1) is 13.0. The molecule has 0 saturated heterocycles. The highest BCUT2D eigenvalue weighted by molar-refractivity contribution is 6.31. The van der Waals surface area contributed by atoms with Crippen LogP contribution in [0.2, 0.25) is 5.02 Å². The Balaban J connectivity index is 0.00000114. The highest BCUT2D eigenvalue weighted by atomic mass is 35.5. The third kappa shape index (κ3) is 6.83. The molecule has 0 spiro atoms. The molecule has 0 fully saturated rings. The van der Waals surface area contributed by atoms with Crippen molar-refractivity contribution in [1.29, 1.82) is 0 Å². The number of nitrogens with one attached hydrogen (secondary N) is 1. The van der Waals surface area contributed by atoms with E-state index in [0.29, 0.717) is 43.7 Å². The largest absolute Gasteiger partial charge is 0.510 e. The third-order valence-electron chi connectivity index (χ3n) is 3.92. The van der Waals surface area contributed by atoms with E-state index in [1.54, 1.807) is 14.2 Å². The summed E-state index contributed by atoms with van der Waals surface area (Å²) in [5.74, 6) is -0.0941. The lowest BCUT2D eigenvalue weighted by molar-refractivity contribution is 0.146. The molecule has 0 aliphatic carbocycles. The first kappa shape index (κ1) is 23.5. The number of methoxy groups -OCH3 is 1. The summed E-state index contributed by atoms with van der Waals surface area (Å²) >= 11 is 6.38. The number of ether oxygens (including phenoxy) is 3. The molecule has 1 heterocycles. The molecule has 6 nitrogen and oxygen atoms in total. The van der Waals surface area contributed by atoms with E-state index >= 15 is 0 Å². The van der Waals surface area contributed by atoms with Crippen LogP contribution in [0.15, 0.2) is 47.0 Å². The quantitative estimate of drug-likeness (QED) is 0.582. The van der Waals surface area contributed by atoms with E-state index in [4.69, 9.17) is 26.8 Å². The van der Waals surface area contributed by atoms with E-state index < -0.39 is 0 Å². The van der Waals surface area contributed by atoms with Crippen molar-refractivity contribution in [2.45, 2.75) is 19.8 Å². The highest BCUT2D eigenvalue weighted by Gasteiger charge is 2.31. The van der Waals surface area contributed by atoms with Crippen molar-refractivity contribution >= 4 is 11.6 Å². The number of benzene rings is 1. The van der Waals surface area contributed by atoms with Gasteiger partial charge in [-0.3, -0.25) is 0 Å². The number of rotatable bonds is 8. The Kier molecular flexibility index (Phi) is 11.1. The smallest absolute Gasteiger partial charge is 0.123 e. The number of aliphatic hydroxyl groups excluding tert-OH is 1. The molecule has 0 aromatic heterocycles. The Morgan fingerprint density at radius 1 is 1.19 bits per heavy atom. The molecule has 0 radical (unpaired) electrons. The van der Waals surface area contributed by atoms with Crippen molar-refractivity contribution in [2.24, 2.45) is 5.73 Å². The molecule has 1 aromatic rings. The van der Waals surface area contributed by atoms with Crippen LogP contribution < -0.4 is 11.1 Å². The minimum Gasteiger partial charge on any atom is -0.510 e. The van der Waals surface area contributed by atoms with Gasteiger partial charge in [-0.1, -0.05) is 29.8 Å². The second-order valence-electron chi connectivity index (χ2n) is 5.98. The van der Waals surface area contributed by atoms with E-state index in [2.05, 4.69) is 10.1 Å². The summed E-state index contributed by atoms with van der Waals surface area (Å²) in [5.41, 5.74) is 8.84. The molecule has 0 amide bonds. The molecule has 1 aromatic carbocycles. The summed E-state index contributed by atoms with van der Waals surface area (Å²) in [4.78, 5) is 0. The van der Waals surface area contributed by atoms with Crippen LogP contribution in [0.25, 0.3) is 0 Å². The molecule has 0 bridgehead atoms. The second-order valence-corrected chi connectivity index (χ2v) is 6.39. The number of hydrogen-bond donors (Lipinski definition) is 3. The van der Waals surface area contributed by atoms with Gasteiger partial charge in [0.25, 0.3) is 0 Å². The van der Waals surface area contributed by atoms with Gasteiger partial charge in [0.05, 0.1) is 31.4 Å². The first-order valence-corrected chi connectivity index (χ1v) is 9.28. The maximum Gasteiger partial charge on any atom is 0.123 e. The summed E-state index contributed by atoms with van der Waals surface area (Å²) in [5, 5.41) is 14.5. The lowest BCUT2D eigenvalue weighted by atomic mass is 9.85. The van der Waals surface area contributed by atoms with Gasteiger partial charge in [-0.05, 0) is 31.1 Å². The van der Waals surface area contributed by atoms with Crippen LogP contribution >= 0.6 is 11.6 Å². The fourth-order valence-electron chi connectivity index (χ4n) is 2.74. The number of halogens is 1. The number of hydrogen-bond acceptors (Lipinski definition) is 6. The summed E-state index contributed by atoms with van der Waals surface area (Å²) in [6.45, 7) is 6.05. The van der Waals surface area contributed by atoms with Gasteiger partial charge in [-0.25, -0.2) is 0 Å². The first-order valence-electron chi connectivity index (χ1n) is 8.90. The number of dihydropyridines is 1. The topological polar surface area (TPSA) is 86.0 Å². The van der Waals surface area contributed by atoms with Crippen LogP contribution in [0.3, 0.4) is 0 Å². The maximum atomic E-state index is 10.7. The minimum absolute atomic E-state index is 0.250. The highest BCUT2D eigenvalue weighted by Crippen LogP contribution is 2.39. The van der Waals surface area contributed by atoms with Gasteiger partial charge < -0.3 is 30.4 Å². The van der Waals surface area contributed by atoms with E-state index in [0.717, 1.165) is 16.8 Å². The third-order valence-corrected chi connectivity index (χ3v) is 4.26. The average molecular weight is 399 g/mol. The number of allylic oxidation sites excluding steroid dienone is 2. The van der Waals surface area contributed by atoms with Gasteiger partial charge in [-0.2, -0.15) is 0 Å². The van der Waals surface area contributed by atoms with Crippen molar-refractivity contribution in [1.82, 2.24) is 5.32 Å². The van der Waals surface area contributed by atoms with Crippen LogP contribution in [0, 0.1) is 0 Å². The predicted octanol–water partition coefficient (Wildman–Crippen LogP) is 3.34. The fourth-order valence-corrected chi connectivity index (χ4v) is 2.98. The molecule has 1 atom stereocenters. The molecule has 1 aliphatic heterocycles. The number of aliphatic hydroxyl groups is 1. The Labute approximate surface area is 166 Å². The molecule has 0 saturated carbocycles. The zero-order chi connectivity index (χ0) is 20.2. The molecule has 1 unspecified atom stereocenters. The summed E-state index contributed by atoms with van der Waals surface area (Å²) in [7, 11) is 3.25. The molecule has 4 N–H and O–H groups in total. The maximum absolute atomic E-state index is 10.7. The Morgan fingerprint density at radius 2 is 1.85 bits per heavy atom. The van der Waals surface area contributed by atoms with E-state index in [1.807, 2.05) is 38.1 Å². The summed E-state index contributed by atoms with van der Waals surface area (Å²) in [6, 6.07) is 7.53. The number of nitrogens with two attached hydrogens (primary N) is 1. The van der Waals surface area contributed by atoms with Crippen LogP contribution in [0.5, 0.6) is 0 Å². The van der Waals surface area contributed by atoms with Crippen molar-refractivity contribution in [3.05, 3.63) is 57.6 Å². The van der Waals surface area contributed by atoms with E-state index in [1.165, 1.54) is 0 Å². The normalized spacial score (nSPS) is 16.7. The van der Waals surface area contributed by atoms with Gasteiger partial charge in [0.15, 0.2) is 0 Å². The molecule has 2 rings (SSSR count). The molecule has 152 valence electrons. The van der Waals surface area contributed by atoms with Crippen molar-refractivity contribution in [3.8, 4) is 0 Å². The van der Waals surface area contributed by atoms with Gasteiger partial charge in [0.2, 0.25) is 0 Å². The van der Waals surface area contributed by atoms with Crippen molar-refractivity contribution in [3.63, 3.8) is 0 Å². The lowest BCUT2D eigenvalue weighted by Gasteiger charge is -2.31. The Bertz CT molecular complexity index is 647. The fraction of sp³-hybridized carbons (Fsp3) is 0.500.